The van der Waals surface area contributed by atoms with Crippen molar-refractivity contribution in [2.75, 3.05) is 46.3 Å². The van der Waals surface area contributed by atoms with Crippen molar-refractivity contribution in [3.8, 4) is 11.5 Å². The fraction of sp³-hybridized carbons (Fsp3) is 0.391. The average molecular weight is 428 g/mol. The number of aryl methyl sites for hydroxylation is 1. The standard InChI is InChI=1S/C23H29N3O5/c1-15-6-5-7-17(10-15)25-23(28)26-9-8-16-11-20(30-3)21(31-4)12-18(16)19(26)13-24-22(27)14-29-2/h5-7,10-12,19H,8-9,13-14H2,1-4H3,(H,24,27)(H,25,28)/t19-/m1/s1. The highest BCUT2D eigenvalue weighted by atomic mass is 16.5. The van der Waals surface area contributed by atoms with Crippen LogP contribution in [0.25, 0.3) is 0 Å². The number of nitrogens with zero attached hydrogens (tertiary/aromatic N) is 1. The predicted molar refractivity (Wildman–Crippen MR) is 118 cm³/mol. The molecule has 31 heavy (non-hydrogen) atoms. The number of hydrogen-bond acceptors (Lipinski definition) is 5. The molecule has 1 heterocycles. The van der Waals surface area contributed by atoms with Gasteiger partial charge >= 0.3 is 6.03 Å². The number of benzene rings is 2. The van der Waals surface area contributed by atoms with Gasteiger partial charge in [0.05, 0.1) is 20.3 Å². The van der Waals surface area contributed by atoms with Crippen LogP contribution in [0.2, 0.25) is 0 Å². The molecule has 2 aromatic carbocycles. The normalized spacial score (nSPS) is 15.1. The number of nitrogens with one attached hydrogen (secondary N) is 2. The van der Waals surface area contributed by atoms with Crippen LogP contribution in [0.1, 0.15) is 22.7 Å². The zero-order valence-corrected chi connectivity index (χ0v) is 18.4. The SMILES string of the molecule is COCC(=O)NC[C@@H]1c2cc(OC)c(OC)cc2CCN1C(=O)Nc1cccc(C)c1. The van der Waals surface area contributed by atoms with E-state index >= 15 is 0 Å². The summed E-state index contributed by atoms with van der Waals surface area (Å²) in [6, 6.07) is 10.9. The van der Waals surface area contributed by atoms with Crippen molar-refractivity contribution in [1.29, 1.82) is 0 Å². The second-order valence-corrected chi connectivity index (χ2v) is 7.40. The van der Waals surface area contributed by atoms with Crippen LogP contribution in [0.5, 0.6) is 11.5 Å². The van der Waals surface area contributed by atoms with Gasteiger partial charge in [-0.2, -0.15) is 0 Å². The molecule has 0 saturated heterocycles. The van der Waals surface area contributed by atoms with Crippen molar-refractivity contribution in [2.24, 2.45) is 0 Å². The molecule has 0 fully saturated rings. The number of carbonyl (C=O) groups is 2. The van der Waals surface area contributed by atoms with Gasteiger partial charge in [-0.05, 0) is 54.3 Å². The number of carbonyl (C=O) groups excluding carboxylic acids is 2. The number of urea groups is 1. The first kappa shape index (κ1) is 22.4. The molecule has 0 radical (unpaired) electrons. The average Bonchev–Trinajstić information content (AvgIpc) is 2.76. The minimum absolute atomic E-state index is 0.0407. The van der Waals surface area contributed by atoms with Crippen LogP contribution in [0, 0.1) is 6.92 Å². The fourth-order valence-electron chi connectivity index (χ4n) is 3.80. The topological polar surface area (TPSA) is 89.1 Å². The molecule has 0 bridgehead atoms. The highest BCUT2D eigenvalue weighted by molar-refractivity contribution is 5.90. The van der Waals surface area contributed by atoms with Gasteiger partial charge in [0.2, 0.25) is 5.91 Å². The van der Waals surface area contributed by atoms with Gasteiger partial charge in [0, 0.05) is 25.9 Å². The first-order valence-electron chi connectivity index (χ1n) is 10.1. The third kappa shape index (κ3) is 5.27. The van der Waals surface area contributed by atoms with Crippen molar-refractivity contribution in [3.63, 3.8) is 0 Å². The van der Waals surface area contributed by atoms with Gasteiger partial charge in [-0.3, -0.25) is 4.79 Å². The number of rotatable bonds is 7. The van der Waals surface area contributed by atoms with Crippen molar-refractivity contribution in [1.82, 2.24) is 10.2 Å². The molecule has 166 valence electrons. The molecule has 8 heteroatoms. The van der Waals surface area contributed by atoms with Gasteiger partial charge in [-0.15, -0.1) is 0 Å². The second-order valence-electron chi connectivity index (χ2n) is 7.40. The zero-order chi connectivity index (χ0) is 22.4. The summed E-state index contributed by atoms with van der Waals surface area (Å²) in [5.74, 6) is 0.977. The van der Waals surface area contributed by atoms with Gasteiger partial charge in [-0.25, -0.2) is 4.79 Å². The molecule has 1 aliphatic rings. The van der Waals surface area contributed by atoms with E-state index in [1.807, 2.05) is 43.3 Å². The lowest BCUT2D eigenvalue weighted by Gasteiger charge is -2.38. The van der Waals surface area contributed by atoms with Gasteiger partial charge in [0.25, 0.3) is 0 Å². The van der Waals surface area contributed by atoms with E-state index in [4.69, 9.17) is 14.2 Å². The predicted octanol–water partition coefficient (Wildman–Crippen LogP) is 2.91. The summed E-state index contributed by atoms with van der Waals surface area (Å²) in [5.41, 5.74) is 3.76. The van der Waals surface area contributed by atoms with E-state index in [2.05, 4.69) is 10.6 Å². The Morgan fingerprint density at radius 1 is 1.10 bits per heavy atom. The van der Waals surface area contributed by atoms with E-state index in [9.17, 15) is 9.59 Å². The van der Waals surface area contributed by atoms with Crippen LogP contribution in [0.15, 0.2) is 36.4 Å². The maximum atomic E-state index is 13.2. The van der Waals surface area contributed by atoms with E-state index in [1.54, 1.807) is 19.1 Å². The van der Waals surface area contributed by atoms with Crippen LogP contribution in [-0.2, 0) is 16.0 Å². The Labute approximate surface area is 182 Å². The molecule has 8 nitrogen and oxygen atoms in total. The van der Waals surface area contributed by atoms with E-state index < -0.39 is 0 Å². The fourth-order valence-corrected chi connectivity index (χ4v) is 3.80. The zero-order valence-electron chi connectivity index (χ0n) is 18.4. The smallest absolute Gasteiger partial charge is 0.322 e. The maximum Gasteiger partial charge on any atom is 0.322 e. The first-order valence-corrected chi connectivity index (χ1v) is 10.1. The first-order chi connectivity index (χ1) is 15.0. The van der Waals surface area contributed by atoms with E-state index in [1.165, 1.54) is 7.11 Å². The lowest BCUT2D eigenvalue weighted by Crippen LogP contribution is -2.47. The number of anilines is 1. The largest absolute Gasteiger partial charge is 0.493 e. The summed E-state index contributed by atoms with van der Waals surface area (Å²) >= 11 is 0. The molecule has 1 atom stereocenters. The Balaban J connectivity index is 1.90. The molecular formula is C23H29N3O5. The lowest BCUT2D eigenvalue weighted by atomic mass is 9.91. The summed E-state index contributed by atoms with van der Waals surface area (Å²) in [6.45, 7) is 2.69. The van der Waals surface area contributed by atoms with E-state index in [0.717, 1.165) is 22.4 Å². The quantitative estimate of drug-likeness (QED) is 0.709. The molecule has 1 aliphatic heterocycles. The van der Waals surface area contributed by atoms with Crippen LogP contribution in [0.3, 0.4) is 0 Å². The van der Waals surface area contributed by atoms with E-state index in [-0.39, 0.29) is 31.1 Å². The Hall–Kier alpha value is -3.26. The summed E-state index contributed by atoms with van der Waals surface area (Å²) in [7, 11) is 4.63. The Morgan fingerprint density at radius 3 is 2.52 bits per heavy atom. The number of amides is 3. The van der Waals surface area contributed by atoms with Crippen molar-refractivity contribution < 1.29 is 23.8 Å². The molecule has 2 aromatic rings. The molecule has 2 N–H and O–H groups in total. The number of methoxy groups -OCH3 is 3. The lowest BCUT2D eigenvalue weighted by molar-refractivity contribution is -0.124. The molecule has 0 saturated carbocycles. The van der Waals surface area contributed by atoms with Gasteiger partial charge in [0.15, 0.2) is 11.5 Å². The molecule has 0 aliphatic carbocycles. The summed E-state index contributed by atoms with van der Waals surface area (Å²) in [4.78, 5) is 26.9. The highest BCUT2D eigenvalue weighted by Gasteiger charge is 2.32. The summed E-state index contributed by atoms with van der Waals surface area (Å²) in [5, 5.41) is 5.83. The van der Waals surface area contributed by atoms with Gasteiger partial charge in [-0.1, -0.05) is 12.1 Å². The molecule has 3 amide bonds. The number of hydrogen-bond donors (Lipinski definition) is 2. The van der Waals surface area contributed by atoms with Crippen molar-refractivity contribution in [3.05, 3.63) is 53.1 Å². The Kier molecular flexibility index (Phi) is 7.36. The number of ether oxygens (including phenoxy) is 3. The molecule has 0 aromatic heterocycles. The second kappa shape index (κ2) is 10.2. The minimum atomic E-state index is -0.367. The summed E-state index contributed by atoms with van der Waals surface area (Å²) < 4.78 is 15.8. The molecule has 0 spiro atoms. The van der Waals surface area contributed by atoms with Crippen LogP contribution in [-0.4, -0.2) is 57.9 Å². The van der Waals surface area contributed by atoms with Crippen molar-refractivity contribution in [2.45, 2.75) is 19.4 Å². The van der Waals surface area contributed by atoms with Crippen LogP contribution < -0.4 is 20.1 Å². The molecular weight excluding hydrogens is 398 g/mol. The Bertz CT molecular complexity index is 947. The summed E-state index contributed by atoms with van der Waals surface area (Å²) in [6.07, 6.45) is 0.666. The van der Waals surface area contributed by atoms with E-state index in [0.29, 0.717) is 24.5 Å². The third-order valence-corrected chi connectivity index (χ3v) is 5.30. The minimum Gasteiger partial charge on any atom is -0.493 e. The van der Waals surface area contributed by atoms with Gasteiger partial charge < -0.3 is 29.7 Å². The van der Waals surface area contributed by atoms with Gasteiger partial charge in [0.1, 0.15) is 6.61 Å². The van der Waals surface area contributed by atoms with Crippen LogP contribution >= 0.6 is 0 Å². The molecule has 0 unspecified atom stereocenters. The monoisotopic (exact) mass is 427 g/mol. The Morgan fingerprint density at radius 2 is 1.84 bits per heavy atom. The highest BCUT2D eigenvalue weighted by Crippen LogP contribution is 2.38. The van der Waals surface area contributed by atoms with Crippen LogP contribution in [0.4, 0.5) is 10.5 Å². The third-order valence-electron chi connectivity index (χ3n) is 5.30. The van der Waals surface area contributed by atoms with Crippen molar-refractivity contribution >= 4 is 17.6 Å². The molecule has 3 rings (SSSR count). The number of fused-ring (bicyclic) bond motifs is 1. The maximum absolute atomic E-state index is 13.2.